The first-order valence-electron chi connectivity index (χ1n) is 4.20. The largest absolute Gasteiger partial charge is 0.325 e. The van der Waals surface area contributed by atoms with Crippen LogP contribution in [-0.2, 0) is 6.42 Å². The van der Waals surface area contributed by atoms with Crippen molar-refractivity contribution in [3.05, 3.63) is 17.6 Å². The highest BCUT2D eigenvalue weighted by Gasteiger charge is 2.04. The Morgan fingerprint density at radius 1 is 1.58 bits per heavy atom. The molecule has 2 aromatic rings. The van der Waals surface area contributed by atoms with Gasteiger partial charge in [-0.3, -0.25) is 0 Å². The summed E-state index contributed by atoms with van der Waals surface area (Å²) in [6, 6.07) is 0. The minimum Gasteiger partial charge on any atom is -0.325 e. The lowest BCUT2D eigenvalue weighted by molar-refractivity contribution is 0.764. The Hall–Kier alpha value is -1.32. The van der Waals surface area contributed by atoms with Gasteiger partial charge in [0, 0.05) is 12.0 Å². The monoisotopic (exact) mass is 164 g/mol. The zero-order chi connectivity index (χ0) is 8.55. The van der Waals surface area contributed by atoms with Gasteiger partial charge in [-0.15, -0.1) is 9.73 Å². The molecule has 4 heteroatoms. The fraction of sp³-hybridized carbons (Fsp3) is 0.500. The Morgan fingerprint density at radius 3 is 3.08 bits per heavy atom. The molecule has 0 spiro atoms. The van der Waals surface area contributed by atoms with Crippen molar-refractivity contribution in [3.63, 3.8) is 0 Å². The molecule has 0 unspecified atom stereocenters. The second-order valence-electron chi connectivity index (χ2n) is 2.99. The third kappa shape index (κ3) is 0.995. The summed E-state index contributed by atoms with van der Waals surface area (Å²) in [6.45, 7) is 4.16. The van der Waals surface area contributed by atoms with Crippen molar-refractivity contribution in [2.45, 2.75) is 26.7 Å². The Balaban J connectivity index is 2.48. The number of nitrogens with zero attached hydrogens (tertiary/aromatic N) is 3. The summed E-state index contributed by atoms with van der Waals surface area (Å²) >= 11 is 0. The number of nitrogens with one attached hydrogen (secondary N) is 1. The second-order valence-corrected chi connectivity index (χ2v) is 2.99. The molecule has 0 aliphatic heterocycles. The van der Waals surface area contributed by atoms with E-state index in [4.69, 9.17) is 0 Å². The topological polar surface area (TPSA) is 46.0 Å². The van der Waals surface area contributed by atoms with E-state index >= 15 is 0 Å². The quantitative estimate of drug-likeness (QED) is 0.727. The molecule has 0 bridgehead atoms. The fourth-order valence-electron chi connectivity index (χ4n) is 1.27. The second kappa shape index (κ2) is 2.62. The van der Waals surface area contributed by atoms with Crippen LogP contribution in [0.25, 0.3) is 5.65 Å². The summed E-state index contributed by atoms with van der Waals surface area (Å²) in [5.74, 6) is 1.02. The molecule has 0 radical (unpaired) electrons. The molecule has 0 aliphatic carbocycles. The Morgan fingerprint density at radius 2 is 2.42 bits per heavy atom. The van der Waals surface area contributed by atoms with Crippen LogP contribution < -0.4 is 0 Å². The van der Waals surface area contributed by atoms with E-state index < -0.39 is 0 Å². The number of H-pyrrole nitrogens is 1. The highest BCUT2D eigenvalue weighted by atomic mass is 15.5. The van der Waals surface area contributed by atoms with Crippen molar-refractivity contribution in [2.75, 3.05) is 0 Å². The van der Waals surface area contributed by atoms with E-state index in [1.165, 1.54) is 0 Å². The van der Waals surface area contributed by atoms with Crippen molar-refractivity contribution in [1.29, 1.82) is 0 Å². The highest BCUT2D eigenvalue weighted by molar-refractivity contribution is 5.44. The standard InChI is InChI=1S/C8H12N4/c1-3-4-7-10-8-6(2)5-9-12(8)11-7/h5H,3-4H2,1-2H3,(H,10,11). The molecular weight excluding hydrogens is 152 g/mol. The number of aryl methyl sites for hydroxylation is 2. The van der Waals surface area contributed by atoms with E-state index in [0.29, 0.717) is 0 Å². The molecule has 0 aromatic carbocycles. The Bertz CT molecular complexity index is 385. The first-order chi connectivity index (χ1) is 5.81. The van der Waals surface area contributed by atoms with Gasteiger partial charge in [0.1, 0.15) is 5.82 Å². The van der Waals surface area contributed by atoms with Gasteiger partial charge in [0.2, 0.25) is 0 Å². The van der Waals surface area contributed by atoms with Crippen LogP contribution in [0.5, 0.6) is 0 Å². The zero-order valence-electron chi connectivity index (χ0n) is 7.33. The molecule has 1 N–H and O–H groups in total. The van der Waals surface area contributed by atoms with Crippen molar-refractivity contribution >= 4 is 5.65 Å². The van der Waals surface area contributed by atoms with E-state index in [2.05, 4.69) is 22.1 Å². The maximum absolute atomic E-state index is 4.27. The van der Waals surface area contributed by atoms with Crippen LogP contribution in [0.4, 0.5) is 0 Å². The van der Waals surface area contributed by atoms with E-state index in [1.807, 2.05) is 13.1 Å². The van der Waals surface area contributed by atoms with Crippen LogP contribution in [0.3, 0.4) is 0 Å². The molecule has 0 atom stereocenters. The van der Waals surface area contributed by atoms with Crippen LogP contribution in [-0.4, -0.2) is 19.8 Å². The van der Waals surface area contributed by atoms with Gasteiger partial charge in [-0.05, 0) is 13.3 Å². The van der Waals surface area contributed by atoms with Gasteiger partial charge in [-0.2, -0.15) is 5.10 Å². The molecule has 0 aliphatic rings. The van der Waals surface area contributed by atoms with Crippen molar-refractivity contribution in [3.8, 4) is 0 Å². The molecule has 2 heterocycles. The Labute approximate surface area is 70.6 Å². The summed E-state index contributed by atoms with van der Waals surface area (Å²) < 4.78 is 1.65. The third-order valence-electron chi connectivity index (χ3n) is 1.90. The molecule has 0 amide bonds. The van der Waals surface area contributed by atoms with Crippen molar-refractivity contribution in [1.82, 2.24) is 19.8 Å². The fourth-order valence-corrected chi connectivity index (χ4v) is 1.27. The van der Waals surface area contributed by atoms with Gasteiger partial charge in [-0.25, -0.2) is 0 Å². The Kier molecular flexibility index (Phi) is 1.60. The van der Waals surface area contributed by atoms with E-state index in [0.717, 1.165) is 29.9 Å². The molecule has 0 saturated carbocycles. The summed E-state index contributed by atoms with van der Waals surface area (Å²) in [5, 5.41) is 8.37. The lowest BCUT2D eigenvalue weighted by Crippen LogP contribution is -1.89. The summed E-state index contributed by atoms with van der Waals surface area (Å²) in [7, 11) is 0. The summed E-state index contributed by atoms with van der Waals surface area (Å²) in [5.41, 5.74) is 2.16. The molecule has 64 valence electrons. The number of hydrogen-bond acceptors (Lipinski definition) is 2. The van der Waals surface area contributed by atoms with E-state index in [9.17, 15) is 0 Å². The first-order valence-corrected chi connectivity index (χ1v) is 4.20. The lowest BCUT2D eigenvalue weighted by atomic mass is 10.3. The lowest BCUT2D eigenvalue weighted by Gasteiger charge is -1.86. The van der Waals surface area contributed by atoms with E-state index in [-0.39, 0.29) is 0 Å². The van der Waals surface area contributed by atoms with Gasteiger partial charge in [-0.1, -0.05) is 6.92 Å². The number of aromatic nitrogens is 4. The SMILES string of the molecule is CCCc1nn2ncc(C)c2[nH]1. The molecule has 12 heavy (non-hydrogen) atoms. The molecule has 0 saturated heterocycles. The zero-order valence-corrected chi connectivity index (χ0v) is 7.33. The molecular formula is C8H12N4. The summed E-state index contributed by atoms with van der Waals surface area (Å²) in [6.07, 6.45) is 3.91. The van der Waals surface area contributed by atoms with E-state index in [1.54, 1.807) is 4.63 Å². The highest BCUT2D eigenvalue weighted by Crippen LogP contribution is 2.06. The van der Waals surface area contributed by atoms with Gasteiger partial charge in [0.05, 0.1) is 6.20 Å². The van der Waals surface area contributed by atoms with Gasteiger partial charge < -0.3 is 4.98 Å². The number of rotatable bonds is 2. The normalized spacial score (nSPS) is 11.2. The summed E-state index contributed by atoms with van der Waals surface area (Å²) in [4.78, 5) is 3.23. The van der Waals surface area contributed by atoms with Crippen LogP contribution in [0.2, 0.25) is 0 Å². The smallest absolute Gasteiger partial charge is 0.158 e. The van der Waals surface area contributed by atoms with Crippen LogP contribution in [0, 0.1) is 6.92 Å². The maximum Gasteiger partial charge on any atom is 0.158 e. The number of aromatic amines is 1. The van der Waals surface area contributed by atoms with Gasteiger partial charge in [0.25, 0.3) is 0 Å². The minimum absolute atomic E-state index is 0.989. The van der Waals surface area contributed by atoms with Crippen LogP contribution in [0.15, 0.2) is 6.20 Å². The number of hydrogen-bond donors (Lipinski definition) is 1. The first kappa shape index (κ1) is 7.34. The maximum atomic E-state index is 4.27. The predicted octanol–water partition coefficient (Wildman–Crippen LogP) is 1.32. The van der Waals surface area contributed by atoms with Crippen molar-refractivity contribution in [2.24, 2.45) is 0 Å². The number of fused-ring (bicyclic) bond motifs is 1. The minimum atomic E-state index is 0.989. The predicted molar refractivity (Wildman–Crippen MR) is 46.1 cm³/mol. The molecule has 0 fully saturated rings. The van der Waals surface area contributed by atoms with Crippen LogP contribution >= 0.6 is 0 Å². The van der Waals surface area contributed by atoms with Crippen LogP contribution in [0.1, 0.15) is 24.7 Å². The average molecular weight is 164 g/mol. The third-order valence-corrected chi connectivity index (χ3v) is 1.90. The van der Waals surface area contributed by atoms with Crippen molar-refractivity contribution < 1.29 is 0 Å². The van der Waals surface area contributed by atoms with Gasteiger partial charge in [0.15, 0.2) is 5.65 Å². The van der Waals surface area contributed by atoms with Gasteiger partial charge >= 0.3 is 0 Å². The average Bonchev–Trinajstić information content (AvgIpc) is 2.55. The molecule has 4 nitrogen and oxygen atoms in total. The molecule has 2 rings (SSSR count). The molecule has 2 aromatic heterocycles.